The molecule has 1 unspecified atom stereocenters. The van der Waals surface area contributed by atoms with Crippen molar-refractivity contribution < 1.29 is 13.6 Å². The Bertz CT molecular complexity index is 991. The van der Waals surface area contributed by atoms with Crippen LogP contribution in [-0.4, -0.2) is 68.3 Å². The van der Waals surface area contributed by atoms with Crippen LogP contribution in [0.5, 0.6) is 0 Å². The van der Waals surface area contributed by atoms with Gasteiger partial charge in [0.2, 0.25) is 0 Å². The fourth-order valence-electron chi connectivity index (χ4n) is 4.66. The summed E-state index contributed by atoms with van der Waals surface area (Å²) in [6.45, 7) is 1.81. The van der Waals surface area contributed by atoms with Gasteiger partial charge in [-0.05, 0) is 30.0 Å². The summed E-state index contributed by atoms with van der Waals surface area (Å²) < 4.78 is 28.1. The van der Waals surface area contributed by atoms with Crippen LogP contribution in [0.4, 0.5) is 19.3 Å². The van der Waals surface area contributed by atoms with Crippen LogP contribution in [0.15, 0.2) is 28.5 Å². The molecule has 2 amide bonds. The van der Waals surface area contributed by atoms with Crippen molar-refractivity contribution in [3.05, 3.63) is 40.1 Å². The first-order chi connectivity index (χ1) is 15.3. The summed E-state index contributed by atoms with van der Waals surface area (Å²) in [6, 6.07) is 3.17. The van der Waals surface area contributed by atoms with E-state index in [0.717, 1.165) is 18.4 Å². The predicted octanol–water partition coefficient (Wildman–Crippen LogP) is 2.63. The minimum Gasteiger partial charge on any atom is -0.402 e. The molecule has 0 aromatic heterocycles. The fourth-order valence-corrected chi connectivity index (χ4v) is 4.66. The number of halogens is 2. The third-order valence-electron chi connectivity index (χ3n) is 6.39. The van der Waals surface area contributed by atoms with Crippen LogP contribution in [0, 0.1) is 5.41 Å². The summed E-state index contributed by atoms with van der Waals surface area (Å²) >= 11 is 0. The highest BCUT2D eigenvalue weighted by atomic mass is 19.3. The summed E-state index contributed by atoms with van der Waals surface area (Å²) in [6.07, 6.45) is 1.12. The number of amides is 2. The molecule has 0 saturated carbocycles. The first-order valence-electron chi connectivity index (χ1n) is 10.8. The highest BCUT2D eigenvalue weighted by Gasteiger charge is 2.31. The zero-order valence-corrected chi connectivity index (χ0v) is 18.4. The lowest BCUT2D eigenvalue weighted by Gasteiger charge is -2.36. The number of benzene rings is 1. The van der Waals surface area contributed by atoms with Gasteiger partial charge in [0, 0.05) is 74.8 Å². The van der Waals surface area contributed by atoms with Crippen molar-refractivity contribution in [1.82, 2.24) is 15.2 Å². The number of hydrogen-bond acceptors (Lipinski definition) is 5. The van der Waals surface area contributed by atoms with Crippen LogP contribution in [0.2, 0.25) is 0 Å². The summed E-state index contributed by atoms with van der Waals surface area (Å²) in [7, 11) is 3.39. The van der Waals surface area contributed by atoms with Crippen molar-refractivity contribution in [2.24, 2.45) is 10.8 Å². The highest BCUT2D eigenvalue weighted by molar-refractivity contribution is 6.09. The zero-order chi connectivity index (χ0) is 23.0. The molecule has 32 heavy (non-hydrogen) atoms. The molecule has 3 aliphatic rings. The second-order valence-corrected chi connectivity index (χ2v) is 8.46. The van der Waals surface area contributed by atoms with E-state index >= 15 is 0 Å². The SMILES string of the molecule is CNC(=O)N1CCC(N)=C(C(=N)N2CCCc3cc(C4C=NN(C)C4)c(C(F)F)cc32)C1. The van der Waals surface area contributed by atoms with Crippen LogP contribution in [0.3, 0.4) is 0 Å². The van der Waals surface area contributed by atoms with E-state index in [4.69, 9.17) is 11.1 Å². The van der Waals surface area contributed by atoms with E-state index in [2.05, 4.69) is 10.4 Å². The number of hydrogen-bond donors (Lipinski definition) is 3. The largest absolute Gasteiger partial charge is 0.402 e. The normalized spacial score (nSPS) is 20.8. The maximum Gasteiger partial charge on any atom is 0.317 e. The van der Waals surface area contributed by atoms with Crippen LogP contribution < -0.4 is 16.0 Å². The maximum atomic E-state index is 14.1. The number of amidine groups is 1. The average molecular weight is 446 g/mol. The van der Waals surface area contributed by atoms with Crippen molar-refractivity contribution >= 4 is 23.8 Å². The van der Waals surface area contributed by atoms with E-state index in [9.17, 15) is 13.6 Å². The van der Waals surface area contributed by atoms with Crippen LogP contribution in [0.1, 0.15) is 41.9 Å². The minimum absolute atomic E-state index is 0.0206. The number of carbonyl (C=O) groups is 1. The van der Waals surface area contributed by atoms with Gasteiger partial charge < -0.3 is 20.9 Å². The second kappa shape index (κ2) is 8.76. The summed E-state index contributed by atoms with van der Waals surface area (Å²) in [5.74, 6) is -0.00544. The molecule has 4 N–H and O–H groups in total. The van der Waals surface area contributed by atoms with Crippen molar-refractivity contribution in [3.63, 3.8) is 0 Å². The van der Waals surface area contributed by atoms with E-state index in [1.165, 1.54) is 6.07 Å². The van der Waals surface area contributed by atoms with E-state index in [1.807, 2.05) is 13.1 Å². The number of alkyl halides is 2. The average Bonchev–Trinajstić information content (AvgIpc) is 3.23. The van der Waals surface area contributed by atoms with Gasteiger partial charge in [0.25, 0.3) is 6.43 Å². The lowest BCUT2D eigenvalue weighted by Crippen LogP contribution is -2.47. The van der Waals surface area contributed by atoms with Crippen LogP contribution in [-0.2, 0) is 6.42 Å². The number of fused-ring (bicyclic) bond motifs is 1. The van der Waals surface area contributed by atoms with Gasteiger partial charge in [-0.3, -0.25) is 10.4 Å². The predicted molar refractivity (Wildman–Crippen MR) is 121 cm³/mol. The molecule has 4 rings (SSSR count). The Kier molecular flexibility index (Phi) is 6.03. The summed E-state index contributed by atoms with van der Waals surface area (Å²) in [5, 5.41) is 17.4. The topological polar surface area (TPSA) is 101 Å². The van der Waals surface area contributed by atoms with Crippen molar-refractivity contribution in [2.75, 3.05) is 45.2 Å². The number of nitrogens with one attached hydrogen (secondary N) is 2. The molecular weight excluding hydrogens is 416 g/mol. The molecular formula is C22H29F2N7O. The van der Waals surface area contributed by atoms with Gasteiger partial charge >= 0.3 is 6.03 Å². The van der Waals surface area contributed by atoms with Gasteiger partial charge in [-0.15, -0.1) is 0 Å². The monoisotopic (exact) mass is 445 g/mol. The number of aryl methyl sites for hydroxylation is 1. The number of urea groups is 1. The Labute approximate surface area is 186 Å². The quantitative estimate of drug-likeness (QED) is 0.492. The van der Waals surface area contributed by atoms with Gasteiger partial charge in [0.05, 0.1) is 6.54 Å². The number of rotatable bonds is 3. The molecule has 0 bridgehead atoms. The molecule has 0 saturated heterocycles. The van der Waals surface area contributed by atoms with Crippen molar-refractivity contribution in [1.29, 1.82) is 5.41 Å². The summed E-state index contributed by atoms with van der Waals surface area (Å²) in [5.41, 5.74) is 9.51. The maximum absolute atomic E-state index is 14.1. The Hall–Kier alpha value is -3.17. The Balaban J connectivity index is 1.69. The van der Waals surface area contributed by atoms with E-state index < -0.39 is 6.43 Å². The molecule has 1 aromatic carbocycles. The molecule has 1 aromatic rings. The number of hydrazone groups is 1. The van der Waals surface area contributed by atoms with Crippen molar-refractivity contribution in [3.8, 4) is 0 Å². The number of likely N-dealkylation sites (N-methyl/N-ethyl adjacent to an activating group) is 1. The minimum atomic E-state index is -2.63. The molecule has 3 heterocycles. The fraction of sp³-hybridized carbons (Fsp3) is 0.500. The second-order valence-electron chi connectivity index (χ2n) is 8.46. The Morgan fingerprint density at radius 2 is 2.09 bits per heavy atom. The third kappa shape index (κ3) is 4.01. The molecule has 0 spiro atoms. The van der Waals surface area contributed by atoms with Gasteiger partial charge in [0.15, 0.2) is 0 Å². The summed E-state index contributed by atoms with van der Waals surface area (Å²) in [4.78, 5) is 15.5. The molecule has 10 heteroatoms. The lowest BCUT2D eigenvalue weighted by atomic mass is 9.89. The van der Waals surface area contributed by atoms with Crippen LogP contribution >= 0.6 is 0 Å². The van der Waals surface area contributed by atoms with Gasteiger partial charge in [-0.25, -0.2) is 13.6 Å². The first-order valence-corrected chi connectivity index (χ1v) is 10.8. The molecule has 0 fully saturated rings. The molecule has 0 aliphatic carbocycles. The van der Waals surface area contributed by atoms with E-state index in [-0.39, 0.29) is 29.9 Å². The number of anilines is 1. The molecule has 0 radical (unpaired) electrons. The Morgan fingerprint density at radius 1 is 1.31 bits per heavy atom. The molecule has 1 atom stereocenters. The molecule has 172 valence electrons. The van der Waals surface area contributed by atoms with E-state index in [0.29, 0.717) is 48.6 Å². The van der Waals surface area contributed by atoms with Gasteiger partial charge in [-0.1, -0.05) is 6.07 Å². The Morgan fingerprint density at radius 3 is 2.75 bits per heavy atom. The van der Waals surface area contributed by atoms with E-state index in [1.54, 1.807) is 28.1 Å². The zero-order valence-electron chi connectivity index (χ0n) is 18.4. The number of carbonyl (C=O) groups excluding carboxylic acids is 1. The number of nitrogens with two attached hydrogens (primary N) is 1. The third-order valence-corrected chi connectivity index (χ3v) is 6.39. The smallest absolute Gasteiger partial charge is 0.317 e. The first kappa shape index (κ1) is 22.0. The highest BCUT2D eigenvalue weighted by Crippen LogP contribution is 2.38. The molecule has 3 aliphatic heterocycles. The molecule has 8 nitrogen and oxygen atoms in total. The van der Waals surface area contributed by atoms with Crippen molar-refractivity contribution in [2.45, 2.75) is 31.6 Å². The van der Waals surface area contributed by atoms with Crippen LogP contribution in [0.25, 0.3) is 0 Å². The standard InChI is InChI=1S/C22H29F2N7O/c1-27-22(32)30-7-5-18(25)17(12-30)21(26)31-6-3-4-13-8-15(14-10-28-29(2)11-14)16(20(23)24)9-19(13)31/h8-10,14,20,26H,3-7,11-12,25H2,1-2H3,(H,27,32). The van der Waals surface area contributed by atoms with Gasteiger partial charge in [0.1, 0.15) is 5.84 Å². The van der Waals surface area contributed by atoms with Gasteiger partial charge in [-0.2, -0.15) is 5.10 Å². The lowest BCUT2D eigenvalue weighted by molar-refractivity contribution is 0.150. The number of nitrogens with zero attached hydrogens (tertiary/aromatic N) is 4.